The Labute approximate surface area is 196 Å². The van der Waals surface area contributed by atoms with Gasteiger partial charge in [-0.1, -0.05) is 74.0 Å². The van der Waals surface area contributed by atoms with Crippen molar-refractivity contribution in [2.24, 2.45) is 0 Å². The summed E-state index contributed by atoms with van der Waals surface area (Å²) < 4.78 is 0. The van der Waals surface area contributed by atoms with Crippen LogP contribution >= 0.6 is 0 Å². The Morgan fingerprint density at radius 2 is 1.61 bits per heavy atom. The van der Waals surface area contributed by atoms with Crippen molar-refractivity contribution in [2.75, 3.05) is 19.6 Å². The number of nitrogens with one attached hydrogen (secondary N) is 1. The fourth-order valence-electron chi connectivity index (χ4n) is 3.81. The van der Waals surface area contributed by atoms with Crippen molar-refractivity contribution < 1.29 is 9.59 Å². The molecule has 6 heteroatoms. The van der Waals surface area contributed by atoms with E-state index in [0.717, 1.165) is 19.3 Å². The van der Waals surface area contributed by atoms with Crippen LogP contribution < -0.4 is 5.32 Å². The average molecular weight is 445 g/mol. The Bertz CT molecular complexity index is 941. The van der Waals surface area contributed by atoms with E-state index in [1.807, 2.05) is 36.4 Å². The average Bonchev–Trinajstić information content (AvgIpc) is 2.88. The summed E-state index contributed by atoms with van der Waals surface area (Å²) in [5.41, 5.74) is 2.78. The van der Waals surface area contributed by atoms with Gasteiger partial charge in [-0.25, -0.2) is 4.98 Å². The highest BCUT2D eigenvalue weighted by Crippen LogP contribution is 2.27. The minimum absolute atomic E-state index is 0.0525. The van der Waals surface area contributed by atoms with Gasteiger partial charge in [-0.2, -0.15) is 0 Å². The zero-order valence-electron chi connectivity index (χ0n) is 19.2. The van der Waals surface area contributed by atoms with Crippen molar-refractivity contribution in [3.05, 3.63) is 96.1 Å². The number of benzene rings is 2. The number of unbranched alkanes of at least 4 members (excludes halogenated alkanes) is 1. The molecule has 0 atom stereocenters. The van der Waals surface area contributed by atoms with Gasteiger partial charge < -0.3 is 10.2 Å². The number of hydrogen-bond donors (Lipinski definition) is 1. The Hall–Kier alpha value is -3.54. The molecule has 2 aromatic carbocycles. The van der Waals surface area contributed by atoms with Crippen molar-refractivity contribution in [1.82, 2.24) is 20.2 Å². The van der Waals surface area contributed by atoms with E-state index in [4.69, 9.17) is 0 Å². The lowest BCUT2D eigenvalue weighted by atomic mass is 9.88. The minimum Gasteiger partial charge on any atom is -0.356 e. The summed E-state index contributed by atoms with van der Waals surface area (Å²) >= 11 is 0. The monoisotopic (exact) mass is 444 g/mol. The summed E-state index contributed by atoms with van der Waals surface area (Å²) in [6.45, 7) is 3.61. The molecule has 0 bridgehead atoms. The van der Waals surface area contributed by atoms with Crippen molar-refractivity contribution in [3.63, 3.8) is 0 Å². The first-order valence-electron chi connectivity index (χ1n) is 11.6. The first kappa shape index (κ1) is 24.1. The van der Waals surface area contributed by atoms with Gasteiger partial charge in [0.1, 0.15) is 5.69 Å². The second-order valence-corrected chi connectivity index (χ2v) is 8.00. The molecule has 1 N–H and O–H groups in total. The van der Waals surface area contributed by atoms with Gasteiger partial charge in [-0.3, -0.25) is 14.6 Å². The molecule has 0 unspecified atom stereocenters. The largest absolute Gasteiger partial charge is 0.356 e. The summed E-state index contributed by atoms with van der Waals surface area (Å²) in [5.74, 6) is -0.0205. The van der Waals surface area contributed by atoms with Crippen LogP contribution in [0.15, 0.2) is 79.3 Å². The van der Waals surface area contributed by atoms with Gasteiger partial charge >= 0.3 is 0 Å². The summed E-state index contributed by atoms with van der Waals surface area (Å²) in [7, 11) is 0. The molecule has 0 spiro atoms. The maximum Gasteiger partial charge on any atom is 0.274 e. The number of rotatable bonds is 12. The standard InChI is InChI=1S/C27H32N4O2/c1-2-3-19-31(27(33)25-21-28-17-18-29-25)20-15-26(32)30-16-14-24(22-10-6-4-7-11-22)23-12-8-5-9-13-23/h4-13,17-18,21,24H,2-3,14-16,19-20H2,1H3,(H,30,32). The van der Waals surface area contributed by atoms with E-state index in [1.54, 1.807) is 11.1 Å². The van der Waals surface area contributed by atoms with Gasteiger partial charge in [0.15, 0.2) is 0 Å². The van der Waals surface area contributed by atoms with E-state index in [-0.39, 0.29) is 24.2 Å². The summed E-state index contributed by atoms with van der Waals surface area (Å²) in [4.78, 5) is 35.1. The van der Waals surface area contributed by atoms with Crippen molar-refractivity contribution >= 4 is 11.8 Å². The Morgan fingerprint density at radius 3 is 2.18 bits per heavy atom. The molecule has 0 aliphatic rings. The van der Waals surface area contributed by atoms with E-state index < -0.39 is 0 Å². The molecular weight excluding hydrogens is 412 g/mol. The summed E-state index contributed by atoms with van der Waals surface area (Å²) in [5, 5.41) is 3.04. The maximum absolute atomic E-state index is 12.8. The quantitative estimate of drug-likeness (QED) is 0.448. The molecule has 2 amide bonds. The predicted molar refractivity (Wildman–Crippen MR) is 130 cm³/mol. The molecule has 0 fully saturated rings. The van der Waals surface area contributed by atoms with Crippen LogP contribution in [0.1, 0.15) is 60.1 Å². The molecule has 0 aliphatic carbocycles. The number of nitrogens with zero attached hydrogens (tertiary/aromatic N) is 3. The molecule has 1 aromatic heterocycles. The first-order valence-corrected chi connectivity index (χ1v) is 11.6. The highest BCUT2D eigenvalue weighted by molar-refractivity contribution is 5.92. The molecular formula is C27H32N4O2. The van der Waals surface area contributed by atoms with Gasteiger partial charge in [-0.05, 0) is 24.0 Å². The molecule has 0 saturated heterocycles. The van der Waals surface area contributed by atoms with Crippen LogP contribution in [0.5, 0.6) is 0 Å². The first-order chi connectivity index (χ1) is 16.2. The smallest absolute Gasteiger partial charge is 0.274 e. The number of carbonyl (C=O) groups is 2. The fourth-order valence-corrected chi connectivity index (χ4v) is 3.81. The Morgan fingerprint density at radius 1 is 0.939 bits per heavy atom. The molecule has 172 valence electrons. The van der Waals surface area contributed by atoms with E-state index in [1.165, 1.54) is 23.5 Å². The zero-order chi connectivity index (χ0) is 23.3. The van der Waals surface area contributed by atoms with Crippen molar-refractivity contribution in [3.8, 4) is 0 Å². The molecule has 0 aliphatic heterocycles. The third kappa shape index (κ3) is 7.52. The lowest BCUT2D eigenvalue weighted by molar-refractivity contribution is -0.121. The normalized spacial score (nSPS) is 10.7. The van der Waals surface area contributed by atoms with E-state index in [2.05, 4.69) is 46.5 Å². The topological polar surface area (TPSA) is 75.2 Å². The zero-order valence-corrected chi connectivity index (χ0v) is 19.2. The number of carbonyl (C=O) groups excluding carboxylic acids is 2. The van der Waals surface area contributed by atoms with Crippen LogP contribution in [0.4, 0.5) is 0 Å². The van der Waals surface area contributed by atoms with Crippen LogP contribution in [0.2, 0.25) is 0 Å². The number of amides is 2. The Balaban J connectivity index is 1.54. The van der Waals surface area contributed by atoms with Crippen LogP contribution in [0.25, 0.3) is 0 Å². The van der Waals surface area contributed by atoms with Gasteiger partial charge in [0.25, 0.3) is 5.91 Å². The van der Waals surface area contributed by atoms with Crippen LogP contribution in [0, 0.1) is 0 Å². The van der Waals surface area contributed by atoms with Gasteiger partial charge in [0, 0.05) is 44.4 Å². The second kappa shape index (κ2) is 13.1. The molecule has 3 aromatic rings. The van der Waals surface area contributed by atoms with Gasteiger partial charge in [0.05, 0.1) is 6.20 Å². The van der Waals surface area contributed by atoms with Crippen LogP contribution in [0.3, 0.4) is 0 Å². The van der Waals surface area contributed by atoms with E-state index >= 15 is 0 Å². The molecule has 0 saturated carbocycles. The molecule has 3 rings (SSSR count). The highest BCUT2D eigenvalue weighted by Gasteiger charge is 2.18. The Kier molecular flexibility index (Phi) is 9.58. The van der Waals surface area contributed by atoms with E-state index in [9.17, 15) is 9.59 Å². The molecule has 1 heterocycles. The maximum atomic E-state index is 12.8. The van der Waals surface area contributed by atoms with Crippen LogP contribution in [-0.2, 0) is 4.79 Å². The predicted octanol–water partition coefficient (Wildman–Crippen LogP) is 4.45. The third-order valence-electron chi connectivity index (χ3n) is 5.62. The van der Waals surface area contributed by atoms with Gasteiger partial charge in [0.2, 0.25) is 5.91 Å². The van der Waals surface area contributed by atoms with Crippen molar-refractivity contribution in [2.45, 2.75) is 38.5 Å². The SMILES string of the molecule is CCCCN(CCC(=O)NCCC(c1ccccc1)c1ccccc1)C(=O)c1cnccn1. The summed E-state index contributed by atoms with van der Waals surface area (Å²) in [6.07, 6.45) is 7.43. The minimum atomic E-state index is -0.183. The molecule has 0 radical (unpaired) electrons. The number of hydrogen-bond acceptors (Lipinski definition) is 4. The number of aromatic nitrogens is 2. The molecule has 33 heavy (non-hydrogen) atoms. The summed E-state index contributed by atoms with van der Waals surface area (Å²) in [6, 6.07) is 20.7. The fraction of sp³-hybridized carbons (Fsp3) is 0.333. The van der Waals surface area contributed by atoms with Gasteiger partial charge in [-0.15, -0.1) is 0 Å². The van der Waals surface area contributed by atoms with E-state index in [0.29, 0.717) is 25.3 Å². The third-order valence-corrected chi connectivity index (χ3v) is 5.62. The highest BCUT2D eigenvalue weighted by atomic mass is 16.2. The second-order valence-electron chi connectivity index (χ2n) is 8.00. The lowest BCUT2D eigenvalue weighted by Gasteiger charge is -2.22. The van der Waals surface area contributed by atoms with Crippen LogP contribution in [-0.4, -0.2) is 46.3 Å². The molecule has 6 nitrogen and oxygen atoms in total. The lowest BCUT2D eigenvalue weighted by Crippen LogP contribution is -2.36. The van der Waals surface area contributed by atoms with Crippen molar-refractivity contribution in [1.29, 1.82) is 0 Å².